The Labute approximate surface area is 130 Å². The summed E-state index contributed by atoms with van der Waals surface area (Å²) >= 11 is 5.90. The number of anilines is 1. The summed E-state index contributed by atoms with van der Waals surface area (Å²) in [5.41, 5.74) is 0.882. The summed E-state index contributed by atoms with van der Waals surface area (Å²) < 4.78 is 0. The van der Waals surface area contributed by atoms with Crippen LogP contribution in [0, 0.1) is 17.2 Å². The average molecular weight is 306 g/mol. The first-order chi connectivity index (χ1) is 10.1. The normalized spacial score (nSPS) is 21.6. The maximum Gasteiger partial charge on any atom is 0.238 e. The summed E-state index contributed by atoms with van der Waals surface area (Å²) in [6, 6.07) is 7.29. The van der Waals surface area contributed by atoms with Crippen molar-refractivity contribution in [1.29, 1.82) is 5.26 Å². The van der Waals surface area contributed by atoms with Crippen LogP contribution >= 0.6 is 11.6 Å². The van der Waals surface area contributed by atoms with Crippen LogP contribution in [0.2, 0.25) is 5.02 Å². The van der Waals surface area contributed by atoms with E-state index >= 15 is 0 Å². The van der Waals surface area contributed by atoms with Crippen molar-refractivity contribution in [2.24, 2.45) is 5.92 Å². The molecule has 1 fully saturated rings. The highest BCUT2D eigenvalue weighted by Gasteiger charge is 2.21. The van der Waals surface area contributed by atoms with Gasteiger partial charge in [0.2, 0.25) is 5.91 Å². The molecule has 0 aromatic heterocycles. The molecular formula is C16H20ClN3O. The number of carbonyl (C=O) groups excluding carboxylic acids is 1. The number of benzene rings is 1. The first kappa shape index (κ1) is 15.8. The van der Waals surface area contributed by atoms with Gasteiger partial charge in [0.05, 0.1) is 17.8 Å². The van der Waals surface area contributed by atoms with Crippen molar-refractivity contribution in [2.75, 3.05) is 11.9 Å². The van der Waals surface area contributed by atoms with E-state index in [0.29, 0.717) is 28.2 Å². The van der Waals surface area contributed by atoms with Crippen molar-refractivity contribution < 1.29 is 4.79 Å². The van der Waals surface area contributed by atoms with E-state index in [2.05, 4.69) is 17.6 Å². The van der Waals surface area contributed by atoms with Gasteiger partial charge in [-0.3, -0.25) is 4.79 Å². The minimum atomic E-state index is -0.147. The van der Waals surface area contributed by atoms with E-state index in [9.17, 15) is 4.79 Å². The van der Waals surface area contributed by atoms with E-state index in [0.717, 1.165) is 6.42 Å². The lowest BCUT2D eigenvalue weighted by Crippen LogP contribution is -2.41. The van der Waals surface area contributed by atoms with Crippen molar-refractivity contribution in [3.05, 3.63) is 28.8 Å². The van der Waals surface area contributed by atoms with E-state index in [1.807, 2.05) is 6.07 Å². The molecule has 5 heteroatoms. The summed E-state index contributed by atoms with van der Waals surface area (Å²) in [5.74, 6) is 0.457. The van der Waals surface area contributed by atoms with Crippen LogP contribution in [-0.2, 0) is 4.79 Å². The van der Waals surface area contributed by atoms with E-state index in [1.165, 1.54) is 19.3 Å². The summed E-state index contributed by atoms with van der Waals surface area (Å²) in [7, 11) is 0. The van der Waals surface area contributed by atoms with Crippen LogP contribution in [0.5, 0.6) is 0 Å². The lowest BCUT2D eigenvalue weighted by atomic mass is 9.86. The number of rotatable bonds is 4. The second-order valence-electron chi connectivity index (χ2n) is 5.60. The topological polar surface area (TPSA) is 64.9 Å². The van der Waals surface area contributed by atoms with Gasteiger partial charge in [0, 0.05) is 11.1 Å². The smallest absolute Gasteiger partial charge is 0.238 e. The molecule has 2 N–H and O–H groups in total. The number of amides is 1. The van der Waals surface area contributed by atoms with Crippen LogP contribution in [0.25, 0.3) is 0 Å². The van der Waals surface area contributed by atoms with Crippen LogP contribution in [-0.4, -0.2) is 18.5 Å². The van der Waals surface area contributed by atoms with E-state index < -0.39 is 0 Å². The third-order valence-corrected chi connectivity index (χ3v) is 4.25. The second kappa shape index (κ2) is 7.44. The van der Waals surface area contributed by atoms with Crippen LogP contribution in [0.4, 0.5) is 5.69 Å². The molecule has 1 aromatic rings. The molecule has 1 aliphatic carbocycles. The minimum absolute atomic E-state index is 0.147. The number of nitrogens with one attached hydrogen (secondary N) is 2. The van der Waals surface area contributed by atoms with Crippen LogP contribution in [0.1, 0.15) is 38.2 Å². The third kappa shape index (κ3) is 4.45. The Morgan fingerprint density at radius 1 is 1.43 bits per heavy atom. The maximum atomic E-state index is 12.0. The van der Waals surface area contributed by atoms with E-state index in [1.54, 1.807) is 18.2 Å². The van der Waals surface area contributed by atoms with Crippen LogP contribution < -0.4 is 10.6 Å². The molecule has 1 aromatic carbocycles. The maximum absolute atomic E-state index is 12.0. The molecule has 21 heavy (non-hydrogen) atoms. The van der Waals surface area contributed by atoms with Crippen molar-refractivity contribution in [1.82, 2.24) is 5.32 Å². The molecule has 1 aliphatic rings. The van der Waals surface area contributed by atoms with Gasteiger partial charge >= 0.3 is 0 Å². The summed E-state index contributed by atoms with van der Waals surface area (Å²) in [6.07, 6.45) is 4.83. The Bertz CT molecular complexity index is 553. The number of nitrogens with zero attached hydrogens (tertiary/aromatic N) is 1. The number of carbonyl (C=O) groups is 1. The zero-order chi connectivity index (χ0) is 15.2. The Hall–Kier alpha value is -1.57. The number of halogens is 1. The average Bonchev–Trinajstić information content (AvgIpc) is 2.47. The van der Waals surface area contributed by atoms with Gasteiger partial charge in [-0.2, -0.15) is 5.26 Å². The Morgan fingerprint density at radius 2 is 2.19 bits per heavy atom. The molecule has 1 saturated carbocycles. The number of hydrogen-bond acceptors (Lipinski definition) is 3. The molecule has 0 spiro atoms. The van der Waals surface area contributed by atoms with Gasteiger partial charge in [0.25, 0.3) is 0 Å². The monoisotopic (exact) mass is 305 g/mol. The van der Waals surface area contributed by atoms with Crippen molar-refractivity contribution in [2.45, 2.75) is 38.6 Å². The molecule has 0 bridgehead atoms. The molecular weight excluding hydrogens is 286 g/mol. The van der Waals surface area contributed by atoms with Crippen LogP contribution in [0.15, 0.2) is 18.2 Å². The highest BCUT2D eigenvalue weighted by molar-refractivity contribution is 6.31. The first-order valence-electron chi connectivity index (χ1n) is 7.33. The minimum Gasteiger partial charge on any atom is -0.324 e. The fraction of sp³-hybridized carbons (Fsp3) is 0.500. The molecule has 0 aliphatic heterocycles. The Kier molecular flexibility index (Phi) is 5.60. The summed E-state index contributed by atoms with van der Waals surface area (Å²) in [6.45, 7) is 2.48. The van der Waals surface area contributed by atoms with Gasteiger partial charge in [-0.05, 0) is 37.0 Å². The second-order valence-corrected chi connectivity index (χ2v) is 6.04. The number of nitriles is 1. The fourth-order valence-electron chi connectivity index (χ4n) is 2.76. The van der Waals surface area contributed by atoms with Gasteiger partial charge < -0.3 is 10.6 Å². The quantitative estimate of drug-likeness (QED) is 0.897. The molecule has 0 heterocycles. The molecule has 2 atom stereocenters. The summed E-state index contributed by atoms with van der Waals surface area (Å²) in [5, 5.41) is 15.6. The predicted octanol–water partition coefficient (Wildman–Crippen LogP) is 3.32. The largest absolute Gasteiger partial charge is 0.324 e. The molecule has 0 saturated heterocycles. The molecule has 0 radical (unpaired) electrons. The van der Waals surface area contributed by atoms with Gasteiger partial charge in [-0.1, -0.05) is 31.4 Å². The fourth-order valence-corrected chi connectivity index (χ4v) is 2.93. The highest BCUT2D eigenvalue weighted by atomic mass is 35.5. The lowest BCUT2D eigenvalue weighted by Gasteiger charge is -2.29. The van der Waals surface area contributed by atoms with Crippen molar-refractivity contribution in [3.63, 3.8) is 0 Å². The lowest BCUT2D eigenvalue weighted by molar-refractivity contribution is -0.115. The Morgan fingerprint density at radius 3 is 2.90 bits per heavy atom. The summed E-state index contributed by atoms with van der Waals surface area (Å²) in [4.78, 5) is 12.0. The third-order valence-electron chi connectivity index (χ3n) is 4.01. The van der Waals surface area contributed by atoms with Crippen LogP contribution in [0.3, 0.4) is 0 Å². The highest BCUT2D eigenvalue weighted by Crippen LogP contribution is 2.23. The molecule has 112 valence electrons. The zero-order valence-electron chi connectivity index (χ0n) is 12.2. The van der Waals surface area contributed by atoms with Crippen molar-refractivity contribution >= 4 is 23.2 Å². The van der Waals surface area contributed by atoms with Gasteiger partial charge in [-0.25, -0.2) is 0 Å². The molecule has 2 unspecified atom stereocenters. The molecule has 4 nitrogen and oxygen atoms in total. The SMILES string of the molecule is CC1CCCCC1NCC(=O)Nc1cc(Cl)ccc1C#N. The number of hydrogen-bond donors (Lipinski definition) is 2. The zero-order valence-corrected chi connectivity index (χ0v) is 12.9. The first-order valence-corrected chi connectivity index (χ1v) is 7.71. The van der Waals surface area contributed by atoms with Crippen molar-refractivity contribution in [3.8, 4) is 6.07 Å². The van der Waals surface area contributed by atoms with Gasteiger partial charge in [0.15, 0.2) is 0 Å². The Balaban J connectivity index is 1.90. The van der Waals surface area contributed by atoms with E-state index in [-0.39, 0.29) is 12.5 Å². The van der Waals surface area contributed by atoms with Gasteiger partial charge in [-0.15, -0.1) is 0 Å². The van der Waals surface area contributed by atoms with Gasteiger partial charge in [0.1, 0.15) is 6.07 Å². The predicted molar refractivity (Wildman–Crippen MR) is 84.2 cm³/mol. The van der Waals surface area contributed by atoms with E-state index in [4.69, 9.17) is 16.9 Å². The standard InChI is InChI=1S/C16H20ClN3O/c1-11-4-2-3-5-14(11)19-10-16(21)20-15-8-13(17)7-6-12(15)9-18/h6-8,11,14,19H,2-5,10H2,1H3,(H,20,21). The molecule has 2 rings (SSSR count). The molecule has 1 amide bonds.